The summed E-state index contributed by atoms with van der Waals surface area (Å²) in [5.74, 6) is -0.227. The third-order valence-corrected chi connectivity index (χ3v) is 6.61. The molecule has 0 fully saturated rings. The topological polar surface area (TPSA) is 112 Å². The van der Waals surface area contributed by atoms with E-state index in [1.807, 2.05) is 0 Å². The fourth-order valence-electron chi connectivity index (χ4n) is 2.37. The standard InChI is InChI=1S/C17H22N4O4S2/c1-4-21(5-2)27(24,25)14-8-6-13(7-9-14)19-16(23)11-26-17-18-12(3)10-15(22)20-17/h6-10H,4-5,11H2,1-3H3,(H,19,23)(H,18,20,22). The van der Waals surface area contributed by atoms with Gasteiger partial charge in [-0.05, 0) is 31.2 Å². The largest absolute Gasteiger partial charge is 0.325 e. The van der Waals surface area contributed by atoms with Gasteiger partial charge >= 0.3 is 0 Å². The lowest BCUT2D eigenvalue weighted by Crippen LogP contribution is -2.30. The molecule has 1 amide bonds. The fraction of sp³-hybridized carbons (Fsp3) is 0.353. The average molecular weight is 411 g/mol. The number of thioether (sulfide) groups is 1. The number of amides is 1. The molecule has 0 saturated heterocycles. The van der Waals surface area contributed by atoms with Crippen molar-refractivity contribution in [2.24, 2.45) is 0 Å². The summed E-state index contributed by atoms with van der Waals surface area (Å²) in [6, 6.07) is 7.40. The average Bonchev–Trinajstić information content (AvgIpc) is 2.60. The maximum absolute atomic E-state index is 12.4. The van der Waals surface area contributed by atoms with Crippen LogP contribution in [0, 0.1) is 6.92 Å². The Labute approximate surface area is 162 Å². The molecule has 1 aromatic heterocycles. The zero-order valence-electron chi connectivity index (χ0n) is 15.4. The minimum absolute atomic E-state index is 0.0614. The zero-order valence-corrected chi connectivity index (χ0v) is 17.0. The Morgan fingerprint density at radius 3 is 2.41 bits per heavy atom. The first-order valence-electron chi connectivity index (χ1n) is 8.37. The Morgan fingerprint density at radius 1 is 1.22 bits per heavy atom. The van der Waals surface area contributed by atoms with Crippen LogP contribution in [0.3, 0.4) is 0 Å². The number of nitrogens with zero attached hydrogens (tertiary/aromatic N) is 2. The van der Waals surface area contributed by atoms with Crippen LogP contribution in [0.15, 0.2) is 45.2 Å². The minimum atomic E-state index is -3.53. The number of H-pyrrole nitrogens is 1. The molecule has 8 nitrogen and oxygen atoms in total. The maximum atomic E-state index is 12.4. The van der Waals surface area contributed by atoms with Crippen molar-refractivity contribution < 1.29 is 13.2 Å². The summed E-state index contributed by atoms with van der Waals surface area (Å²) in [5, 5.41) is 3.06. The number of rotatable bonds is 8. The third-order valence-electron chi connectivity index (χ3n) is 3.67. The molecule has 1 aromatic carbocycles. The lowest BCUT2D eigenvalue weighted by atomic mass is 10.3. The van der Waals surface area contributed by atoms with Crippen LogP contribution in [0.4, 0.5) is 5.69 Å². The molecule has 0 aliphatic rings. The van der Waals surface area contributed by atoms with E-state index in [9.17, 15) is 18.0 Å². The molecule has 10 heteroatoms. The Kier molecular flexibility index (Phi) is 7.17. The Bertz CT molecular complexity index is 952. The molecule has 2 N–H and O–H groups in total. The van der Waals surface area contributed by atoms with Crippen LogP contribution in [0.5, 0.6) is 0 Å². The Morgan fingerprint density at radius 2 is 1.85 bits per heavy atom. The van der Waals surface area contributed by atoms with Crippen molar-refractivity contribution in [2.45, 2.75) is 30.8 Å². The van der Waals surface area contributed by atoms with E-state index < -0.39 is 10.0 Å². The fourth-order valence-corrected chi connectivity index (χ4v) is 4.55. The highest BCUT2D eigenvalue weighted by Crippen LogP contribution is 2.19. The number of aromatic nitrogens is 2. The highest BCUT2D eigenvalue weighted by Gasteiger charge is 2.21. The second-order valence-corrected chi connectivity index (χ2v) is 8.54. The van der Waals surface area contributed by atoms with E-state index in [0.29, 0.717) is 29.6 Å². The molecule has 0 radical (unpaired) electrons. The summed E-state index contributed by atoms with van der Waals surface area (Å²) in [6.45, 7) is 6.05. The summed E-state index contributed by atoms with van der Waals surface area (Å²) in [6.07, 6.45) is 0. The quantitative estimate of drug-likeness (QED) is 0.507. The molecular formula is C17H22N4O4S2. The molecule has 2 aromatic rings. The second kappa shape index (κ2) is 9.16. The number of carbonyl (C=O) groups is 1. The molecule has 0 bridgehead atoms. The normalized spacial score (nSPS) is 11.6. The van der Waals surface area contributed by atoms with E-state index in [4.69, 9.17) is 0 Å². The van der Waals surface area contributed by atoms with Gasteiger partial charge < -0.3 is 10.3 Å². The summed E-state index contributed by atoms with van der Waals surface area (Å²) in [4.78, 5) is 30.3. The zero-order chi connectivity index (χ0) is 20.0. The third kappa shape index (κ3) is 5.65. The number of anilines is 1. The number of aromatic amines is 1. The maximum Gasteiger partial charge on any atom is 0.251 e. The highest BCUT2D eigenvalue weighted by molar-refractivity contribution is 7.99. The summed E-state index contributed by atoms with van der Waals surface area (Å²) in [5.41, 5.74) is 0.798. The molecule has 0 aliphatic carbocycles. The van der Waals surface area contributed by atoms with Gasteiger partial charge in [0.25, 0.3) is 5.56 Å². The molecule has 0 atom stereocenters. The molecular weight excluding hydrogens is 388 g/mol. The van der Waals surface area contributed by atoms with E-state index in [1.165, 1.54) is 22.5 Å². The van der Waals surface area contributed by atoms with Crippen LogP contribution in [0.25, 0.3) is 0 Å². The van der Waals surface area contributed by atoms with E-state index >= 15 is 0 Å². The van der Waals surface area contributed by atoms with Gasteiger partial charge in [-0.1, -0.05) is 25.6 Å². The minimum Gasteiger partial charge on any atom is -0.325 e. The summed E-state index contributed by atoms with van der Waals surface area (Å²) >= 11 is 1.11. The molecule has 0 aliphatic heterocycles. The van der Waals surface area contributed by atoms with E-state index in [2.05, 4.69) is 15.3 Å². The summed E-state index contributed by atoms with van der Waals surface area (Å²) in [7, 11) is -3.53. The lowest BCUT2D eigenvalue weighted by Gasteiger charge is -2.18. The number of benzene rings is 1. The molecule has 0 unspecified atom stereocenters. The van der Waals surface area contributed by atoms with Gasteiger partial charge in [-0.25, -0.2) is 13.4 Å². The van der Waals surface area contributed by atoms with Gasteiger partial charge in [-0.3, -0.25) is 9.59 Å². The molecule has 27 heavy (non-hydrogen) atoms. The lowest BCUT2D eigenvalue weighted by molar-refractivity contribution is -0.113. The number of aryl methyl sites for hydroxylation is 1. The van der Waals surface area contributed by atoms with Crippen LogP contribution in [0.2, 0.25) is 0 Å². The van der Waals surface area contributed by atoms with Gasteiger partial charge in [0.15, 0.2) is 5.16 Å². The smallest absolute Gasteiger partial charge is 0.251 e. The van der Waals surface area contributed by atoms with Crippen molar-refractivity contribution in [3.05, 3.63) is 46.4 Å². The predicted octanol–water partition coefficient (Wildman–Crippen LogP) is 1.84. The van der Waals surface area contributed by atoms with Gasteiger partial charge in [0, 0.05) is 30.5 Å². The molecule has 0 saturated carbocycles. The number of sulfonamides is 1. The van der Waals surface area contributed by atoms with Crippen molar-refractivity contribution >= 4 is 33.4 Å². The Balaban J connectivity index is 1.99. The number of hydrogen-bond acceptors (Lipinski definition) is 6. The predicted molar refractivity (Wildman–Crippen MR) is 105 cm³/mol. The first-order valence-corrected chi connectivity index (χ1v) is 10.8. The SMILES string of the molecule is CCN(CC)S(=O)(=O)c1ccc(NC(=O)CSc2nc(C)cc(=O)[nH]2)cc1. The van der Waals surface area contributed by atoms with E-state index in [-0.39, 0.29) is 22.1 Å². The molecule has 0 spiro atoms. The van der Waals surface area contributed by atoms with Gasteiger partial charge in [0.2, 0.25) is 15.9 Å². The van der Waals surface area contributed by atoms with Crippen LogP contribution in [-0.2, 0) is 14.8 Å². The number of nitrogens with one attached hydrogen (secondary N) is 2. The van der Waals surface area contributed by atoms with Crippen LogP contribution < -0.4 is 10.9 Å². The first-order chi connectivity index (χ1) is 12.8. The van der Waals surface area contributed by atoms with Gasteiger partial charge in [-0.15, -0.1) is 0 Å². The summed E-state index contributed by atoms with van der Waals surface area (Å²) < 4.78 is 26.3. The van der Waals surface area contributed by atoms with Crippen LogP contribution in [-0.4, -0.2) is 47.4 Å². The van der Waals surface area contributed by atoms with Gasteiger partial charge in [-0.2, -0.15) is 4.31 Å². The van der Waals surface area contributed by atoms with E-state index in [0.717, 1.165) is 11.8 Å². The molecule has 2 rings (SSSR count). The van der Waals surface area contributed by atoms with Crippen molar-refractivity contribution in [3.8, 4) is 0 Å². The Hall–Kier alpha value is -2.17. The molecule has 146 valence electrons. The van der Waals surface area contributed by atoms with Gasteiger partial charge in [0.05, 0.1) is 10.6 Å². The first kappa shape index (κ1) is 21.1. The highest BCUT2D eigenvalue weighted by atomic mass is 32.2. The number of carbonyl (C=O) groups excluding carboxylic acids is 1. The number of hydrogen-bond donors (Lipinski definition) is 2. The van der Waals surface area contributed by atoms with Crippen molar-refractivity contribution in [1.82, 2.24) is 14.3 Å². The monoisotopic (exact) mass is 410 g/mol. The van der Waals surface area contributed by atoms with Crippen molar-refractivity contribution in [3.63, 3.8) is 0 Å². The second-order valence-electron chi connectivity index (χ2n) is 5.64. The van der Waals surface area contributed by atoms with Crippen molar-refractivity contribution in [2.75, 3.05) is 24.2 Å². The van der Waals surface area contributed by atoms with Crippen LogP contribution >= 0.6 is 11.8 Å². The van der Waals surface area contributed by atoms with E-state index in [1.54, 1.807) is 32.9 Å². The van der Waals surface area contributed by atoms with Gasteiger partial charge in [0.1, 0.15) is 0 Å². The van der Waals surface area contributed by atoms with Crippen molar-refractivity contribution in [1.29, 1.82) is 0 Å². The molecule has 1 heterocycles. The van der Waals surface area contributed by atoms with Crippen LogP contribution in [0.1, 0.15) is 19.5 Å².